The summed E-state index contributed by atoms with van der Waals surface area (Å²) in [4.78, 5) is 25.5. The van der Waals surface area contributed by atoms with E-state index in [-0.39, 0.29) is 0 Å². The van der Waals surface area contributed by atoms with Crippen LogP contribution >= 0.6 is 0 Å². The third kappa shape index (κ3) is 6.73. The van der Waals surface area contributed by atoms with Gasteiger partial charge in [0.2, 0.25) is 17.7 Å². The molecule has 14 rings (SSSR count). The molecule has 0 radical (unpaired) electrons. The average molecular weight is 885 g/mol. The van der Waals surface area contributed by atoms with Crippen LogP contribution in [-0.4, -0.2) is 29.5 Å². The van der Waals surface area contributed by atoms with Crippen LogP contribution in [0.15, 0.2) is 227 Å². The van der Waals surface area contributed by atoms with Crippen LogP contribution in [0.2, 0.25) is 0 Å². The van der Waals surface area contributed by atoms with Gasteiger partial charge in [-0.25, -0.2) is 15.0 Å². The van der Waals surface area contributed by atoms with Crippen molar-refractivity contribution >= 4 is 65.6 Å². The summed E-state index contributed by atoms with van der Waals surface area (Å²) in [7, 11) is 0. The molecule has 8 heteroatoms. The fraction of sp³-hybridized carbons (Fsp3) is 0. The summed E-state index contributed by atoms with van der Waals surface area (Å²) in [6.45, 7) is 0. The summed E-state index contributed by atoms with van der Waals surface area (Å²) in [6, 6.07) is 75.3. The molecule has 0 aliphatic rings. The van der Waals surface area contributed by atoms with Crippen LogP contribution in [0.1, 0.15) is 0 Å². The Hall–Kier alpha value is -9.53. The summed E-state index contributed by atoms with van der Waals surface area (Å²) in [5.74, 6) is 2.81. The monoisotopic (exact) mass is 884 g/mol. The molecule has 0 atom stereocenters. The zero-order valence-corrected chi connectivity index (χ0v) is 36.8. The highest BCUT2D eigenvalue weighted by Gasteiger charge is 2.20. The second kappa shape index (κ2) is 15.5. The summed E-state index contributed by atoms with van der Waals surface area (Å²) in [5.41, 5.74) is 13.3. The predicted molar refractivity (Wildman–Crippen MR) is 277 cm³/mol. The second-order valence-corrected chi connectivity index (χ2v) is 17.3. The molecule has 10 aromatic carbocycles. The molecule has 14 aromatic rings. The Morgan fingerprint density at radius 2 is 0.681 bits per heavy atom. The van der Waals surface area contributed by atoms with Gasteiger partial charge in [0.15, 0.2) is 22.8 Å². The SMILES string of the molecule is c1ccc(-c2ccc3c(c2)c2cc(-c4ccccc4)ccc2n3-c2nc(-c3ccc4cc(-c5nc6ccccc6o5)ccc4c3)nc(-c3ccc4cc(-c5nc6ccccc6o5)ccc4c3)n2)cc1. The Bertz CT molecular complexity index is 3990. The first-order chi connectivity index (χ1) is 34.1. The highest BCUT2D eigenvalue weighted by atomic mass is 16.4. The van der Waals surface area contributed by atoms with Gasteiger partial charge in [0.25, 0.3) is 0 Å². The molecule has 4 aromatic heterocycles. The number of rotatable bonds is 7. The number of aromatic nitrogens is 6. The molecule has 0 saturated carbocycles. The number of hydrogen-bond acceptors (Lipinski definition) is 7. The van der Waals surface area contributed by atoms with Crippen molar-refractivity contribution in [3.63, 3.8) is 0 Å². The Labute approximate surface area is 394 Å². The molecule has 4 heterocycles. The van der Waals surface area contributed by atoms with Crippen LogP contribution in [0.3, 0.4) is 0 Å². The van der Waals surface area contributed by atoms with Crippen molar-refractivity contribution in [2.75, 3.05) is 0 Å². The van der Waals surface area contributed by atoms with Crippen LogP contribution in [-0.2, 0) is 0 Å². The summed E-state index contributed by atoms with van der Waals surface area (Å²) in [6.07, 6.45) is 0. The van der Waals surface area contributed by atoms with E-state index in [1.54, 1.807) is 0 Å². The molecule has 0 N–H and O–H groups in total. The minimum absolute atomic E-state index is 0.521. The molecule has 8 nitrogen and oxygen atoms in total. The van der Waals surface area contributed by atoms with Crippen molar-refractivity contribution in [1.82, 2.24) is 29.5 Å². The number of nitrogens with zero attached hydrogens (tertiary/aromatic N) is 6. The number of para-hydroxylation sites is 4. The topological polar surface area (TPSA) is 95.7 Å². The van der Waals surface area contributed by atoms with Crippen molar-refractivity contribution in [2.45, 2.75) is 0 Å². The first-order valence-corrected chi connectivity index (χ1v) is 22.9. The van der Waals surface area contributed by atoms with E-state index in [1.807, 2.05) is 48.5 Å². The molecule has 0 aliphatic carbocycles. The van der Waals surface area contributed by atoms with Gasteiger partial charge >= 0.3 is 0 Å². The Morgan fingerprint density at radius 3 is 1.13 bits per heavy atom. The van der Waals surface area contributed by atoms with Gasteiger partial charge in [-0.2, -0.15) is 9.97 Å². The van der Waals surface area contributed by atoms with E-state index in [0.717, 1.165) is 110 Å². The van der Waals surface area contributed by atoms with Crippen LogP contribution in [0.5, 0.6) is 0 Å². The first-order valence-electron chi connectivity index (χ1n) is 22.9. The average Bonchev–Trinajstić information content (AvgIpc) is 4.15. The Morgan fingerprint density at radius 1 is 0.290 bits per heavy atom. The van der Waals surface area contributed by atoms with Crippen molar-refractivity contribution in [2.24, 2.45) is 0 Å². The normalized spacial score (nSPS) is 11.8. The minimum atomic E-state index is 0.521. The van der Waals surface area contributed by atoms with Gasteiger partial charge in [-0.1, -0.05) is 133 Å². The predicted octanol–water partition coefficient (Wildman–Crippen LogP) is 15.6. The number of oxazole rings is 2. The zero-order chi connectivity index (χ0) is 45.4. The summed E-state index contributed by atoms with van der Waals surface area (Å²) < 4.78 is 14.5. The molecule has 0 unspecified atom stereocenters. The van der Waals surface area contributed by atoms with Crippen molar-refractivity contribution in [3.05, 3.63) is 218 Å². The van der Waals surface area contributed by atoms with E-state index in [1.165, 1.54) is 0 Å². The number of hydrogen-bond donors (Lipinski definition) is 0. The zero-order valence-electron chi connectivity index (χ0n) is 36.8. The molecule has 0 fully saturated rings. The van der Waals surface area contributed by atoms with E-state index >= 15 is 0 Å². The van der Waals surface area contributed by atoms with Gasteiger partial charge in [0, 0.05) is 33.0 Å². The molecule has 0 aliphatic heterocycles. The molecule has 0 saturated heterocycles. The second-order valence-electron chi connectivity index (χ2n) is 17.3. The molecule has 0 amide bonds. The quantitative estimate of drug-likeness (QED) is 0.157. The maximum absolute atomic E-state index is 6.14. The Balaban J connectivity index is 0.944. The lowest BCUT2D eigenvalue weighted by Gasteiger charge is -2.12. The summed E-state index contributed by atoms with van der Waals surface area (Å²) >= 11 is 0. The first kappa shape index (κ1) is 38.7. The van der Waals surface area contributed by atoms with Gasteiger partial charge in [-0.05, 0) is 129 Å². The highest BCUT2D eigenvalue weighted by Crippen LogP contribution is 2.38. The largest absolute Gasteiger partial charge is 0.436 e. The molecular formula is C61H36N6O2. The van der Waals surface area contributed by atoms with E-state index in [4.69, 9.17) is 33.8 Å². The van der Waals surface area contributed by atoms with Gasteiger partial charge < -0.3 is 8.83 Å². The van der Waals surface area contributed by atoms with Crippen LogP contribution in [0.25, 0.3) is 139 Å². The van der Waals surface area contributed by atoms with Crippen LogP contribution in [0, 0.1) is 0 Å². The third-order valence-electron chi connectivity index (χ3n) is 13.1. The van der Waals surface area contributed by atoms with E-state index in [2.05, 4.69) is 174 Å². The van der Waals surface area contributed by atoms with Gasteiger partial charge in [0.1, 0.15) is 11.0 Å². The lowest BCUT2D eigenvalue weighted by atomic mass is 10.0. The van der Waals surface area contributed by atoms with Crippen LogP contribution < -0.4 is 0 Å². The lowest BCUT2D eigenvalue weighted by Crippen LogP contribution is -2.06. The number of benzene rings is 10. The third-order valence-corrected chi connectivity index (χ3v) is 13.1. The fourth-order valence-electron chi connectivity index (χ4n) is 9.61. The molecule has 0 spiro atoms. The smallest absolute Gasteiger partial charge is 0.238 e. The van der Waals surface area contributed by atoms with E-state index in [9.17, 15) is 0 Å². The van der Waals surface area contributed by atoms with Gasteiger partial charge in [0.05, 0.1) is 11.0 Å². The Kier molecular flexibility index (Phi) is 8.72. The lowest BCUT2D eigenvalue weighted by molar-refractivity contribution is 0.619. The van der Waals surface area contributed by atoms with E-state index in [0.29, 0.717) is 29.4 Å². The van der Waals surface area contributed by atoms with E-state index < -0.39 is 0 Å². The molecule has 69 heavy (non-hydrogen) atoms. The van der Waals surface area contributed by atoms with Crippen molar-refractivity contribution in [1.29, 1.82) is 0 Å². The fourth-order valence-corrected chi connectivity index (χ4v) is 9.61. The highest BCUT2D eigenvalue weighted by molar-refractivity contribution is 6.11. The molecular weight excluding hydrogens is 849 g/mol. The van der Waals surface area contributed by atoms with Gasteiger partial charge in [-0.3, -0.25) is 4.57 Å². The molecule has 0 bridgehead atoms. The maximum atomic E-state index is 6.14. The number of fused-ring (bicyclic) bond motifs is 7. The maximum Gasteiger partial charge on any atom is 0.238 e. The standard InChI is InChI=1S/C61H36N6O2/c1-3-11-37(12-4-1)43-27-29-53-49(35-43)50-36-44(38-13-5-2-6-14-38)28-30-54(50)67(53)61-65-57(45-23-19-41-33-47(25-21-39(41)31-45)59-62-51-15-7-9-17-55(51)68-59)64-58(66-61)46-24-20-42-34-48(26-22-40(42)32-46)60-63-52-16-8-10-18-56(52)69-60/h1-36H. The minimum Gasteiger partial charge on any atom is -0.436 e. The van der Waals surface area contributed by atoms with Crippen molar-refractivity contribution < 1.29 is 8.83 Å². The van der Waals surface area contributed by atoms with Gasteiger partial charge in [-0.15, -0.1) is 0 Å². The van der Waals surface area contributed by atoms with Crippen molar-refractivity contribution in [3.8, 4) is 73.9 Å². The summed E-state index contributed by atoms with van der Waals surface area (Å²) in [5, 5.41) is 6.38. The molecule has 322 valence electrons. The van der Waals surface area contributed by atoms with Crippen LogP contribution in [0.4, 0.5) is 0 Å².